The summed E-state index contributed by atoms with van der Waals surface area (Å²) < 4.78 is 0. The molecule has 0 amide bonds. The zero-order chi connectivity index (χ0) is 11.5. The van der Waals surface area contributed by atoms with E-state index in [1.54, 1.807) is 24.8 Å². The third-order valence-electron chi connectivity index (χ3n) is 2.34. The van der Waals surface area contributed by atoms with Gasteiger partial charge in [-0.05, 0) is 24.4 Å². The van der Waals surface area contributed by atoms with Crippen LogP contribution in [0.25, 0.3) is 10.8 Å². The molecule has 0 bridgehead atoms. The zero-order valence-corrected chi connectivity index (χ0v) is 9.87. The van der Waals surface area contributed by atoms with E-state index < -0.39 is 0 Å². The van der Waals surface area contributed by atoms with Crippen molar-refractivity contribution in [2.45, 2.75) is 17.9 Å². The van der Waals surface area contributed by atoms with Crippen LogP contribution in [-0.2, 0) is 0 Å². The van der Waals surface area contributed by atoms with Crippen molar-refractivity contribution in [1.82, 2.24) is 0 Å². The highest BCUT2D eigenvalue weighted by atomic mass is 32.2. The summed E-state index contributed by atoms with van der Waals surface area (Å²) in [7, 11) is 0. The van der Waals surface area contributed by atoms with E-state index in [-0.39, 0.29) is 6.10 Å². The minimum Gasteiger partial charge on any atom is -0.507 e. The van der Waals surface area contributed by atoms with Crippen LogP contribution in [0.5, 0.6) is 5.75 Å². The molecule has 1 atom stereocenters. The van der Waals surface area contributed by atoms with E-state index in [4.69, 9.17) is 0 Å². The van der Waals surface area contributed by atoms with E-state index in [1.807, 2.05) is 30.3 Å². The first-order valence-electron chi connectivity index (χ1n) is 5.20. The number of hydrogen-bond acceptors (Lipinski definition) is 3. The van der Waals surface area contributed by atoms with Crippen LogP contribution >= 0.6 is 11.8 Å². The van der Waals surface area contributed by atoms with Gasteiger partial charge in [-0.25, -0.2) is 0 Å². The molecule has 2 N–H and O–H groups in total. The first-order valence-corrected chi connectivity index (χ1v) is 6.18. The van der Waals surface area contributed by atoms with Crippen LogP contribution in [0.3, 0.4) is 0 Å². The fourth-order valence-corrected chi connectivity index (χ4v) is 2.51. The molecule has 0 radical (unpaired) electrons. The number of rotatable bonds is 3. The Kier molecular flexibility index (Phi) is 3.36. The molecule has 3 heteroatoms. The fraction of sp³-hybridized carbons (Fsp3) is 0.231. The molecule has 2 aromatic carbocycles. The van der Waals surface area contributed by atoms with Gasteiger partial charge in [-0.1, -0.05) is 24.3 Å². The molecule has 16 heavy (non-hydrogen) atoms. The van der Waals surface area contributed by atoms with Gasteiger partial charge in [0.2, 0.25) is 0 Å². The maximum Gasteiger partial charge on any atom is 0.123 e. The smallest absolute Gasteiger partial charge is 0.123 e. The standard InChI is InChI=1S/C13H14O2S/c1-9(14)8-16-13-7-6-12(15)10-4-2-3-5-11(10)13/h2-7,9,14-15H,8H2,1H3/t9-/m1/s1. The van der Waals surface area contributed by atoms with Crippen LogP contribution in [0.4, 0.5) is 0 Å². The minimum atomic E-state index is -0.322. The topological polar surface area (TPSA) is 40.5 Å². The molecule has 2 nitrogen and oxygen atoms in total. The lowest BCUT2D eigenvalue weighted by Gasteiger charge is -2.08. The highest BCUT2D eigenvalue weighted by Crippen LogP contribution is 2.33. The summed E-state index contributed by atoms with van der Waals surface area (Å²) in [5, 5.41) is 20.9. The van der Waals surface area contributed by atoms with E-state index in [0.29, 0.717) is 11.5 Å². The van der Waals surface area contributed by atoms with Gasteiger partial charge in [-0.3, -0.25) is 0 Å². The van der Waals surface area contributed by atoms with Crippen molar-refractivity contribution in [2.24, 2.45) is 0 Å². The second kappa shape index (κ2) is 4.76. The van der Waals surface area contributed by atoms with Gasteiger partial charge in [0.05, 0.1) is 6.10 Å². The highest BCUT2D eigenvalue weighted by Gasteiger charge is 2.06. The second-order valence-electron chi connectivity index (χ2n) is 3.79. The van der Waals surface area contributed by atoms with Gasteiger partial charge in [0, 0.05) is 16.0 Å². The maximum absolute atomic E-state index is 9.71. The molecule has 0 aliphatic heterocycles. The summed E-state index contributed by atoms with van der Waals surface area (Å²) in [5.41, 5.74) is 0. The Morgan fingerprint density at radius 3 is 2.50 bits per heavy atom. The Hall–Kier alpha value is -1.19. The summed E-state index contributed by atoms with van der Waals surface area (Å²) in [6.07, 6.45) is -0.322. The van der Waals surface area contributed by atoms with E-state index in [2.05, 4.69) is 0 Å². The molecular weight excluding hydrogens is 220 g/mol. The number of phenolic OH excluding ortho intramolecular Hbond substituents is 1. The number of benzene rings is 2. The Bertz CT molecular complexity index is 494. The molecule has 0 saturated heterocycles. The fourth-order valence-electron chi connectivity index (χ4n) is 1.59. The number of hydrogen-bond donors (Lipinski definition) is 2. The lowest BCUT2D eigenvalue weighted by molar-refractivity contribution is 0.220. The predicted octanol–water partition coefficient (Wildman–Crippen LogP) is 3.02. The average Bonchev–Trinajstić information content (AvgIpc) is 2.28. The molecule has 2 aromatic rings. The van der Waals surface area contributed by atoms with Gasteiger partial charge in [-0.15, -0.1) is 11.8 Å². The summed E-state index contributed by atoms with van der Waals surface area (Å²) in [4.78, 5) is 1.09. The SMILES string of the molecule is C[C@@H](O)CSc1ccc(O)c2ccccc12. The van der Waals surface area contributed by atoms with E-state index in [1.165, 1.54) is 0 Å². The van der Waals surface area contributed by atoms with Crippen molar-refractivity contribution < 1.29 is 10.2 Å². The van der Waals surface area contributed by atoms with E-state index in [0.717, 1.165) is 15.7 Å². The summed E-state index contributed by atoms with van der Waals surface area (Å²) >= 11 is 1.61. The molecule has 0 unspecified atom stereocenters. The molecule has 0 fully saturated rings. The van der Waals surface area contributed by atoms with Crippen molar-refractivity contribution in [1.29, 1.82) is 0 Å². The van der Waals surface area contributed by atoms with Crippen molar-refractivity contribution in [2.75, 3.05) is 5.75 Å². The van der Waals surface area contributed by atoms with Gasteiger partial charge >= 0.3 is 0 Å². The number of aromatic hydroxyl groups is 1. The Labute approximate surface area is 98.9 Å². The van der Waals surface area contributed by atoms with Crippen LogP contribution in [0, 0.1) is 0 Å². The van der Waals surface area contributed by atoms with Gasteiger partial charge in [0.15, 0.2) is 0 Å². The molecule has 2 rings (SSSR count). The van der Waals surface area contributed by atoms with Crippen LogP contribution in [0.2, 0.25) is 0 Å². The van der Waals surface area contributed by atoms with Crippen LogP contribution < -0.4 is 0 Å². The largest absolute Gasteiger partial charge is 0.507 e. The average molecular weight is 234 g/mol. The minimum absolute atomic E-state index is 0.303. The third-order valence-corrected chi connectivity index (χ3v) is 3.66. The van der Waals surface area contributed by atoms with Gasteiger partial charge in [0.1, 0.15) is 5.75 Å². The molecule has 0 aliphatic carbocycles. The van der Waals surface area contributed by atoms with E-state index >= 15 is 0 Å². The van der Waals surface area contributed by atoms with Gasteiger partial charge in [-0.2, -0.15) is 0 Å². The van der Waals surface area contributed by atoms with Crippen molar-refractivity contribution in [3.05, 3.63) is 36.4 Å². The predicted molar refractivity (Wildman–Crippen MR) is 68.0 cm³/mol. The second-order valence-corrected chi connectivity index (χ2v) is 4.85. The Morgan fingerprint density at radius 1 is 1.12 bits per heavy atom. The lowest BCUT2D eigenvalue weighted by atomic mass is 10.1. The number of thioether (sulfide) groups is 1. The van der Waals surface area contributed by atoms with E-state index in [9.17, 15) is 10.2 Å². The molecule has 0 aromatic heterocycles. The lowest BCUT2D eigenvalue weighted by Crippen LogP contribution is -2.02. The van der Waals surface area contributed by atoms with Crippen molar-refractivity contribution >= 4 is 22.5 Å². The molecule has 0 heterocycles. The van der Waals surface area contributed by atoms with Crippen LogP contribution in [0.1, 0.15) is 6.92 Å². The summed E-state index contributed by atoms with van der Waals surface area (Å²) in [6.45, 7) is 1.77. The summed E-state index contributed by atoms with van der Waals surface area (Å²) in [5.74, 6) is 0.964. The molecule has 0 saturated carbocycles. The highest BCUT2D eigenvalue weighted by molar-refractivity contribution is 7.99. The normalized spacial score (nSPS) is 12.9. The monoisotopic (exact) mass is 234 g/mol. The molecular formula is C13H14O2S. The third kappa shape index (κ3) is 2.31. The molecule has 84 valence electrons. The van der Waals surface area contributed by atoms with Gasteiger partial charge in [0.25, 0.3) is 0 Å². The Balaban J connectivity index is 2.42. The molecule has 0 aliphatic rings. The van der Waals surface area contributed by atoms with Crippen molar-refractivity contribution in [3.63, 3.8) is 0 Å². The van der Waals surface area contributed by atoms with Crippen LogP contribution in [-0.4, -0.2) is 22.1 Å². The van der Waals surface area contributed by atoms with Crippen LogP contribution in [0.15, 0.2) is 41.3 Å². The maximum atomic E-state index is 9.71. The van der Waals surface area contributed by atoms with Crippen molar-refractivity contribution in [3.8, 4) is 5.75 Å². The molecule has 0 spiro atoms. The first-order chi connectivity index (χ1) is 7.68. The summed E-state index contributed by atoms with van der Waals surface area (Å²) in [6, 6.07) is 11.3. The van der Waals surface area contributed by atoms with Gasteiger partial charge < -0.3 is 10.2 Å². The number of aliphatic hydroxyl groups is 1. The zero-order valence-electron chi connectivity index (χ0n) is 9.05. The number of fused-ring (bicyclic) bond motifs is 1. The number of aliphatic hydroxyl groups excluding tert-OH is 1. The quantitative estimate of drug-likeness (QED) is 0.802. The first kappa shape index (κ1) is 11.3. The Morgan fingerprint density at radius 2 is 1.81 bits per heavy atom. The number of phenols is 1.